The van der Waals surface area contributed by atoms with Crippen LogP contribution in [0.25, 0.3) is 0 Å². The standard InChI is InChI=1S/C21H22FN3O2/c22-17-5-7-18(8-6-17)25-13-3-10-21(20(25)27)9-2-12-24(15-21)19(26)16-4-1-11-23-14-16/h1,4-8,11,14H,2-3,9-10,12-13,15H2. The van der Waals surface area contributed by atoms with Crippen LogP contribution < -0.4 is 4.90 Å². The van der Waals surface area contributed by atoms with E-state index < -0.39 is 5.41 Å². The zero-order valence-electron chi connectivity index (χ0n) is 15.1. The highest BCUT2D eigenvalue weighted by atomic mass is 19.1. The lowest BCUT2D eigenvalue weighted by Gasteiger charge is -2.47. The monoisotopic (exact) mass is 367 g/mol. The van der Waals surface area contributed by atoms with Gasteiger partial charge >= 0.3 is 0 Å². The first kappa shape index (κ1) is 17.6. The Hall–Kier alpha value is -2.76. The van der Waals surface area contributed by atoms with Crippen molar-refractivity contribution in [1.82, 2.24) is 9.88 Å². The summed E-state index contributed by atoms with van der Waals surface area (Å²) < 4.78 is 13.2. The normalized spacial score (nSPS) is 22.9. The Bertz CT molecular complexity index is 836. The largest absolute Gasteiger partial charge is 0.338 e. The molecule has 2 aliphatic heterocycles. The van der Waals surface area contributed by atoms with E-state index in [0.29, 0.717) is 25.2 Å². The van der Waals surface area contributed by atoms with Crippen molar-refractivity contribution in [3.8, 4) is 0 Å². The van der Waals surface area contributed by atoms with Crippen LogP contribution >= 0.6 is 0 Å². The number of carbonyl (C=O) groups is 2. The van der Waals surface area contributed by atoms with Crippen molar-refractivity contribution in [2.24, 2.45) is 5.41 Å². The third-order valence-corrected chi connectivity index (χ3v) is 5.65. The van der Waals surface area contributed by atoms with Gasteiger partial charge in [0.15, 0.2) is 0 Å². The van der Waals surface area contributed by atoms with Crippen LogP contribution in [0, 0.1) is 11.2 Å². The van der Waals surface area contributed by atoms with Gasteiger partial charge in [0.25, 0.3) is 5.91 Å². The minimum absolute atomic E-state index is 0.0454. The summed E-state index contributed by atoms with van der Waals surface area (Å²) in [6.45, 7) is 1.71. The van der Waals surface area contributed by atoms with Gasteiger partial charge in [0, 0.05) is 37.7 Å². The Labute approximate surface area is 157 Å². The maximum atomic E-state index is 13.4. The Morgan fingerprint density at radius 3 is 2.52 bits per heavy atom. The number of rotatable bonds is 2. The van der Waals surface area contributed by atoms with Crippen LogP contribution in [0.5, 0.6) is 0 Å². The number of amides is 2. The smallest absolute Gasteiger partial charge is 0.255 e. The van der Waals surface area contributed by atoms with E-state index >= 15 is 0 Å². The van der Waals surface area contributed by atoms with Gasteiger partial charge in [0.1, 0.15) is 5.82 Å². The zero-order chi connectivity index (χ0) is 18.9. The average molecular weight is 367 g/mol. The fourth-order valence-corrected chi connectivity index (χ4v) is 4.29. The van der Waals surface area contributed by atoms with E-state index in [0.717, 1.165) is 31.4 Å². The zero-order valence-corrected chi connectivity index (χ0v) is 15.1. The fraction of sp³-hybridized carbons (Fsp3) is 0.381. The van der Waals surface area contributed by atoms with E-state index in [9.17, 15) is 14.0 Å². The molecule has 2 saturated heterocycles. The fourth-order valence-electron chi connectivity index (χ4n) is 4.29. The quantitative estimate of drug-likeness (QED) is 0.819. The molecule has 0 aliphatic carbocycles. The molecule has 3 heterocycles. The van der Waals surface area contributed by atoms with Crippen LogP contribution in [0.15, 0.2) is 48.8 Å². The van der Waals surface area contributed by atoms with Gasteiger partial charge in [-0.05, 0) is 62.1 Å². The molecule has 140 valence electrons. The van der Waals surface area contributed by atoms with Crippen LogP contribution in [0.4, 0.5) is 10.1 Å². The molecule has 0 saturated carbocycles. The van der Waals surface area contributed by atoms with Crippen LogP contribution in [-0.2, 0) is 4.79 Å². The number of piperidine rings is 2. The first-order valence-corrected chi connectivity index (χ1v) is 9.36. The van der Waals surface area contributed by atoms with Crippen molar-refractivity contribution in [3.63, 3.8) is 0 Å². The molecule has 2 fully saturated rings. The second kappa shape index (κ2) is 7.10. The van der Waals surface area contributed by atoms with Crippen molar-refractivity contribution in [1.29, 1.82) is 0 Å². The summed E-state index contributed by atoms with van der Waals surface area (Å²) in [4.78, 5) is 33.8. The summed E-state index contributed by atoms with van der Waals surface area (Å²) in [7, 11) is 0. The Morgan fingerprint density at radius 1 is 1.07 bits per heavy atom. The SMILES string of the molecule is O=C(c1cccnc1)N1CCCC2(CCCN(c3ccc(F)cc3)C2=O)C1. The van der Waals surface area contributed by atoms with E-state index in [1.807, 2.05) is 0 Å². The summed E-state index contributed by atoms with van der Waals surface area (Å²) in [6.07, 6.45) is 6.44. The summed E-state index contributed by atoms with van der Waals surface area (Å²) in [5, 5.41) is 0. The molecular formula is C21H22FN3O2. The topological polar surface area (TPSA) is 53.5 Å². The molecular weight excluding hydrogens is 345 g/mol. The maximum absolute atomic E-state index is 13.4. The molecule has 0 radical (unpaired) electrons. The molecule has 1 aromatic heterocycles. The minimum atomic E-state index is -0.553. The maximum Gasteiger partial charge on any atom is 0.255 e. The second-order valence-electron chi connectivity index (χ2n) is 7.39. The van der Waals surface area contributed by atoms with Gasteiger partial charge in [-0.15, -0.1) is 0 Å². The lowest BCUT2D eigenvalue weighted by molar-refractivity contribution is -0.133. The number of likely N-dealkylation sites (tertiary alicyclic amines) is 1. The van der Waals surface area contributed by atoms with E-state index in [-0.39, 0.29) is 17.6 Å². The predicted octanol–water partition coefficient (Wildman–Crippen LogP) is 3.27. The molecule has 2 aromatic rings. The number of carbonyl (C=O) groups excluding carboxylic acids is 2. The molecule has 4 rings (SSSR count). The van der Waals surface area contributed by atoms with Crippen LogP contribution in [0.3, 0.4) is 0 Å². The van der Waals surface area contributed by atoms with Crippen molar-refractivity contribution in [3.05, 3.63) is 60.2 Å². The number of benzene rings is 1. The molecule has 2 amide bonds. The van der Waals surface area contributed by atoms with Crippen LogP contribution in [-0.4, -0.2) is 41.3 Å². The molecule has 2 aliphatic rings. The second-order valence-corrected chi connectivity index (χ2v) is 7.39. The number of pyridine rings is 1. The number of halogens is 1. The van der Waals surface area contributed by atoms with E-state index in [2.05, 4.69) is 4.98 Å². The highest BCUT2D eigenvalue weighted by Gasteiger charge is 2.47. The van der Waals surface area contributed by atoms with Gasteiger partial charge in [-0.2, -0.15) is 0 Å². The molecule has 27 heavy (non-hydrogen) atoms. The number of hydrogen-bond donors (Lipinski definition) is 0. The molecule has 1 unspecified atom stereocenters. The Kier molecular flexibility index (Phi) is 4.64. The lowest BCUT2D eigenvalue weighted by Crippen LogP contribution is -2.57. The van der Waals surface area contributed by atoms with Crippen LogP contribution in [0.1, 0.15) is 36.0 Å². The Balaban J connectivity index is 1.57. The van der Waals surface area contributed by atoms with Crippen molar-refractivity contribution >= 4 is 17.5 Å². The molecule has 1 spiro atoms. The van der Waals surface area contributed by atoms with Crippen molar-refractivity contribution < 1.29 is 14.0 Å². The molecule has 6 heteroatoms. The third-order valence-electron chi connectivity index (χ3n) is 5.65. The average Bonchev–Trinajstić information content (AvgIpc) is 2.71. The number of hydrogen-bond acceptors (Lipinski definition) is 3. The molecule has 1 atom stereocenters. The first-order valence-electron chi connectivity index (χ1n) is 9.36. The third kappa shape index (κ3) is 3.31. The van der Waals surface area contributed by atoms with Crippen molar-refractivity contribution in [2.45, 2.75) is 25.7 Å². The molecule has 0 N–H and O–H groups in total. The lowest BCUT2D eigenvalue weighted by atomic mass is 9.72. The highest BCUT2D eigenvalue weighted by molar-refractivity contribution is 6.00. The summed E-state index contributed by atoms with van der Waals surface area (Å²) >= 11 is 0. The van der Waals surface area contributed by atoms with E-state index in [1.54, 1.807) is 46.5 Å². The summed E-state index contributed by atoms with van der Waals surface area (Å²) in [5.41, 5.74) is 0.715. The van der Waals surface area contributed by atoms with E-state index in [4.69, 9.17) is 0 Å². The van der Waals surface area contributed by atoms with Gasteiger partial charge in [-0.25, -0.2) is 4.39 Å². The number of aromatic nitrogens is 1. The molecule has 5 nitrogen and oxygen atoms in total. The minimum Gasteiger partial charge on any atom is -0.338 e. The Morgan fingerprint density at radius 2 is 1.81 bits per heavy atom. The van der Waals surface area contributed by atoms with Gasteiger partial charge in [0.2, 0.25) is 5.91 Å². The predicted molar refractivity (Wildman–Crippen MR) is 99.8 cm³/mol. The highest BCUT2D eigenvalue weighted by Crippen LogP contribution is 2.41. The molecule has 1 aromatic carbocycles. The van der Waals surface area contributed by atoms with E-state index in [1.165, 1.54) is 12.1 Å². The number of nitrogens with zero attached hydrogens (tertiary/aromatic N) is 3. The van der Waals surface area contributed by atoms with Gasteiger partial charge in [-0.3, -0.25) is 14.6 Å². The van der Waals surface area contributed by atoms with Gasteiger partial charge < -0.3 is 9.80 Å². The summed E-state index contributed by atoms with van der Waals surface area (Å²) in [5.74, 6) is -0.346. The van der Waals surface area contributed by atoms with Gasteiger partial charge in [0.05, 0.1) is 11.0 Å². The first-order chi connectivity index (χ1) is 13.1. The summed E-state index contributed by atoms with van der Waals surface area (Å²) in [6, 6.07) is 9.55. The van der Waals surface area contributed by atoms with Crippen LogP contribution in [0.2, 0.25) is 0 Å². The van der Waals surface area contributed by atoms with Crippen molar-refractivity contribution in [2.75, 3.05) is 24.5 Å². The van der Waals surface area contributed by atoms with Gasteiger partial charge in [-0.1, -0.05) is 0 Å². The number of anilines is 1. The molecule has 0 bridgehead atoms.